The number of anilines is 2. The summed E-state index contributed by atoms with van der Waals surface area (Å²) in [5.74, 6) is 0.487. The van der Waals surface area contributed by atoms with Crippen LogP contribution in [-0.2, 0) is 17.7 Å². The van der Waals surface area contributed by atoms with Crippen molar-refractivity contribution in [3.05, 3.63) is 35.4 Å². The molecule has 0 saturated carbocycles. The van der Waals surface area contributed by atoms with Gasteiger partial charge in [0.05, 0.1) is 24.5 Å². The third-order valence-electron chi connectivity index (χ3n) is 4.47. The van der Waals surface area contributed by atoms with Crippen molar-refractivity contribution >= 4 is 11.8 Å². The van der Waals surface area contributed by atoms with Crippen molar-refractivity contribution < 1.29 is 13.9 Å². The van der Waals surface area contributed by atoms with E-state index in [0.29, 0.717) is 56.7 Å². The van der Waals surface area contributed by atoms with Crippen LogP contribution in [0, 0.1) is 5.82 Å². The molecule has 4 N–H and O–H groups in total. The molecule has 1 spiro atoms. The van der Waals surface area contributed by atoms with Gasteiger partial charge in [0.15, 0.2) is 5.60 Å². The number of aromatic nitrogens is 3. The number of nitrogens with two attached hydrogens (primary N) is 2. The molecule has 0 aromatic carbocycles. The zero-order valence-corrected chi connectivity index (χ0v) is 13.6. The molecule has 9 heteroatoms. The Bertz CT molecular complexity index is 804. The summed E-state index contributed by atoms with van der Waals surface area (Å²) in [5, 5.41) is 0. The lowest BCUT2D eigenvalue weighted by Gasteiger charge is -2.30. The number of nitrogen functional groups attached to an aromatic ring is 2. The standard InChI is InChI=1S/C16H19FN6O2/c17-11-2-1-3-20-12(11)7-23-4-5-24-9-16(8-23)6-10-13(18)21-15(19)22-14(10)25-16/h1-3H,4-9H2,(H4,18,19,21,22)/t16-/m0/s1. The van der Waals surface area contributed by atoms with E-state index in [2.05, 4.69) is 19.9 Å². The Morgan fingerprint density at radius 2 is 2.20 bits per heavy atom. The van der Waals surface area contributed by atoms with Crippen LogP contribution in [0.5, 0.6) is 5.88 Å². The molecular formula is C16H19FN6O2. The van der Waals surface area contributed by atoms with Crippen LogP contribution in [-0.4, -0.2) is 51.8 Å². The quantitative estimate of drug-likeness (QED) is 0.803. The fraction of sp³-hybridized carbons (Fsp3) is 0.438. The SMILES string of the molecule is Nc1nc(N)c2c(n1)O[C@@]1(COCCN(Cc3ncccc3F)C1)C2. The van der Waals surface area contributed by atoms with E-state index in [1.165, 1.54) is 6.07 Å². The van der Waals surface area contributed by atoms with Crippen molar-refractivity contribution in [3.8, 4) is 5.88 Å². The molecule has 1 fully saturated rings. The highest BCUT2D eigenvalue weighted by atomic mass is 19.1. The predicted molar refractivity (Wildman–Crippen MR) is 88.2 cm³/mol. The second-order valence-electron chi connectivity index (χ2n) is 6.41. The van der Waals surface area contributed by atoms with Crippen molar-refractivity contribution in [2.45, 2.75) is 18.6 Å². The van der Waals surface area contributed by atoms with Crippen molar-refractivity contribution in [2.24, 2.45) is 0 Å². The van der Waals surface area contributed by atoms with Crippen LogP contribution in [0.1, 0.15) is 11.3 Å². The lowest BCUT2D eigenvalue weighted by atomic mass is 9.98. The van der Waals surface area contributed by atoms with E-state index in [1.807, 2.05) is 0 Å². The van der Waals surface area contributed by atoms with E-state index >= 15 is 0 Å². The molecule has 4 rings (SSSR count). The summed E-state index contributed by atoms with van der Waals surface area (Å²) in [7, 11) is 0. The Kier molecular flexibility index (Phi) is 3.89. The Morgan fingerprint density at radius 1 is 1.32 bits per heavy atom. The van der Waals surface area contributed by atoms with Gasteiger partial charge in [-0.1, -0.05) is 0 Å². The number of ether oxygens (including phenoxy) is 2. The largest absolute Gasteiger partial charge is 0.466 e. The zero-order chi connectivity index (χ0) is 17.4. The first kappa shape index (κ1) is 16.0. The van der Waals surface area contributed by atoms with Crippen LogP contribution in [0.2, 0.25) is 0 Å². The maximum atomic E-state index is 13.9. The van der Waals surface area contributed by atoms with Gasteiger partial charge in [-0.3, -0.25) is 9.88 Å². The van der Waals surface area contributed by atoms with Gasteiger partial charge in [-0.2, -0.15) is 9.97 Å². The van der Waals surface area contributed by atoms with Gasteiger partial charge in [-0.25, -0.2) is 4.39 Å². The second kappa shape index (κ2) is 6.08. The molecule has 4 heterocycles. The second-order valence-corrected chi connectivity index (χ2v) is 6.41. The number of halogens is 1. The van der Waals surface area contributed by atoms with Gasteiger partial charge >= 0.3 is 0 Å². The van der Waals surface area contributed by atoms with Crippen molar-refractivity contribution in [1.82, 2.24) is 19.9 Å². The van der Waals surface area contributed by atoms with Gasteiger partial charge in [0.25, 0.3) is 0 Å². The normalized spacial score (nSPS) is 23.2. The van der Waals surface area contributed by atoms with Crippen molar-refractivity contribution in [2.75, 3.05) is 37.8 Å². The van der Waals surface area contributed by atoms with Crippen LogP contribution in [0.3, 0.4) is 0 Å². The van der Waals surface area contributed by atoms with Gasteiger partial charge in [0.1, 0.15) is 11.6 Å². The number of pyridine rings is 1. The topological polar surface area (TPSA) is 112 Å². The molecule has 0 bridgehead atoms. The van der Waals surface area contributed by atoms with E-state index in [0.717, 1.165) is 5.56 Å². The molecule has 1 saturated heterocycles. The highest BCUT2D eigenvalue weighted by Gasteiger charge is 2.45. The van der Waals surface area contributed by atoms with E-state index in [-0.39, 0.29) is 11.8 Å². The first-order valence-corrected chi connectivity index (χ1v) is 8.05. The Labute approximate surface area is 144 Å². The van der Waals surface area contributed by atoms with E-state index in [9.17, 15) is 4.39 Å². The van der Waals surface area contributed by atoms with E-state index in [4.69, 9.17) is 20.9 Å². The van der Waals surface area contributed by atoms with Crippen LogP contribution in [0.15, 0.2) is 18.3 Å². The summed E-state index contributed by atoms with van der Waals surface area (Å²) >= 11 is 0. The number of nitrogens with zero attached hydrogens (tertiary/aromatic N) is 4. The molecule has 0 aliphatic carbocycles. The molecule has 25 heavy (non-hydrogen) atoms. The maximum Gasteiger partial charge on any atom is 0.225 e. The van der Waals surface area contributed by atoms with Gasteiger partial charge in [-0.15, -0.1) is 0 Å². The third kappa shape index (κ3) is 3.08. The summed E-state index contributed by atoms with van der Waals surface area (Å²) in [5.41, 5.74) is 12.1. The number of hydrogen-bond acceptors (Lipinski definition) is 8. The minimum atomic E-state index is -0.638. The molecule has 0 unspecified atom stereocenters. The Balaban J connectivity index is 1.57. The van der Waals surface area contributed by atoms with Gasteiger partial charge in [-0.05, 0) is 12.1 Å². The van der Waals surface area contributed by atoms with Crippen LogP contribution < -0.4 is 16.2 Å². The number of fused-ring (bicyclic) bond motifs is 1. The molecule has 2 aromatic heterocycles. The zero-order valence-electron chi connectivity index (χ0n) is 13.6. The summed E-state index contributed by atoms with van der Waals surface area (Å²) in [6, 6.07) is 2.99. The lowest BCUT2D eigenvalue weighted by Crippen LogP contribution is -2.48. The number of rotatable bonds is 2. The van der Waals surface area contributed by atoms with Gasteiger partial charge < -0.3 is 20.9 Å². The van der Waals surface area contributed by atoms with E-state index < -0.39 is 5.60 Å². The number of hydrogen-bond donors (Lipinski definition) is 2. The fourth-order valence-corrected chi connectivity index (χ4v) is 3.35. The van der Waals surface area contributed by atoms with Crippen LogP contribution in [0.4, 0.5) is 16.2 Å². The molecular weight excluding hydrogens is 327 g/mol. The monoisotopic (exact) mass is 346 g/mol. The van der Waals surface area contributed by atoms with Crippen LogP contribution in [0.25, 0.3) is 0 Å². The minimum Gasteiger partial charge on any atom is -0.466 e. The molecule has 1 atom stereocenters. The van der Waals surface area contributed by atoms with Gasteiger partial charge in [0, 0.05) is 32.3 Å². The minimum absolute atomic E-state index is 0.0789. The molecule has 0 amide bonds. The van der Waals surface area contributed by atoms with Crippen LogP contribution >= 0.6 is 0 Å². The molecule has 2 aliphatic rings. The van der Waals surface area contributed by atoms with Crippen molar-refractivity contribution in [3.63, 3.8) is 0 Å². The molecule has 132 valence electrons. The molecule has 2 aromatic rings. The highest BCUT2D eigenvalue weighted by molar-refractivity contribution is 5.52. The third-order valence-corrected chi connectivity index (χ3v) is 4.47. The van der Waals surface area contributed by atoms with Crippen molar-refractivity contribution in [1.29, 1.82) is 0 Å². The summed E-state index contributed by atoms with van der Waals surface area (Å²) in [6.45, 7) is 2.49. The first-order valence-electron chi connectivity index (χ1n) is 8.05. The Hall–Kier alpha value is -2.52. The fourth-order valence-electron chi connectivity index (χ4n) is 3.35. The highest BCUT2D eigenvalue weighted by Crippen LogP contribution is 2.38. The van der Waals surface area contributed by atoms with E-state index in [1.54, 1.807) is 12.3 Å². The average Bonchev–Trinajstić information content (AvgIpc) is 2.80. The summed E-state index contributed by atoms with van der Waals surface area (Å²) < 4.78 is 25.7. The Morgan fingerprint density at radius 3 is 3.04 bits per heavy atom. The summed E-state index contributed by atoms with van der Waals surface area (Å²) in [6.07, 6.45) is 2.11. The smallest absolute Gasteiger partial charge is 0.225 e. The lowest BCUT2D eigenvalue weighted by molar-refractivity contribution is -0.00279. The molecule has 2 aliphatic heterocycles. The first-order chi connectivity index (χ1) is 12.0. The summed E-state index contributed by atoms with van der Waals surface area (Å²) in [4.78, 5) is 14.3. The molecule has 0 radical (unpaired) electrons. The maximum absolute atomic E-state index is 13.9. The van der Waals surface area contributed by atoms with Gasteiger partial charge in [0.2, 0.25) is 11.8 Å². The predicted octanol–water partition coefficient (Wildman–Crippen LogP) is 0.381. The average molecular weight is 346 g/mol. The molecule has 8 nitrogen and oxygen atoms in total.